The second-order valence-electron chi connectivity index (χ2n) is 3.45. The molecule has 1 aromatic rings. The average Bonchev–Trinajstić information content (AvgIpc) is 2.12. The number of benzene rings is 1. The molecule has 0 aliphatic carbocycles. The predicted molar refractivity (Wildman–Crippen MR) is 57.8 cm³/mol. The van der Waals surface area contributed by atoms with E-state index in [0.717, 1.165) is 5.70 Å². The van der Waals surface area contributed by atoms with Crippen LogP contribution in [0.2, 0.25) is 0 Å². The van der Waals surface area contributed by atoms with E-state index in [1.807, 2.05) is 13.1 Å². The number of anilines is 1. The molecule has 0 atom stereocenters. The smallest absolute Gasteiger partial charge is 0.0481 e. The lowest BCUT2D eigenvalue weighted by molar-refractivity contribution is 1.13. The molecule has 0 bridgehead atoms. The summed E-state index contributed by atoms with van der Waals surface area (Å²) in [6, 6.07) is 6.45. The van der Waals surface area contributed by atoms with Crippen molar-refractivity contribution < 1.29 is 0 Å². The van der Waals surface area contributed by atoms with Crippen LogP contribution in [-0.4, -0.2) is 7.05 Å². The van der Waals surface area contributed by atoms with Gasteiger partial charge in [0.05, 0.1) is 0 Å². The molecule has 13 heavy (non-hydrogen) atoms. The highest BCUT2D eigenvalue weighted by atomic mass is 15.1. The minimum atomic E-state index is 1.04. The van der Waals surface area contributed by atoms with Gasteiger partial charge in [-0.3, -0.25) is 0 Å². The topological polar surface area (TPSA) is 3.24 Å². The number of allylic oxidation sites excluding steroid dienone is 1. The molecule has 1 heterocycles. The Morgan fingerprint density at radius 1 is 1.23 bits per heavy atom. The van der Waals surface area contributed by atoms with Crippen LogP contribution < -0.4 is 4.90 Å². The molecule has 66 valence electrons. The fourth-order valence-electron chi connectivity index (χ4n) is 1.57. The number of rotatable bonds is 0. The van der Waals surface area contributed by atoms with Gasteiger partial charge in [-0.15, -0.1) is 0 Å². The molecule has 0 saturated carbocycles. The maximum atomic E-state index is 3.96. The Morgan fingerprint density at radius 3 is 2.77 bits per heavy atom. The highest BCUT2D eigenvalue weighted by Crippen LogP contribution is 2.29. The van der Waals surface area contributed by atoms with Gasteiger partial charge in [0.25, 0.3) is 0 Å². The van der Waals surface area contributed by atoms with E-state index in [4.69, 9.17) is 0 Å². The van der Waals surface area contributed by atoms with Gasteiger partial charge in [0.15, 0.2) is 0 Å². The molecule has 2 rings (SSSR count). The van der Waals surface area contributed by atoms with Crippen molar-refractivity contribution in [3.63, 3.8) is 0 Å². The molecule has 0 aromatic heterocycles. The number of hydrogen-bond donors (Lipinski definition) is 0. The Morgan fingerprint density at radius 2 is 2.00 bits per heavy atom. The number of likely N-dealkylation sites (N-methyl/N-ethyl adjacent to an activating group) is 1. The summed E-state index contributed by atoms with van der Waals surface area (Å²) in [5.74, 6) is 0. The van der Waals surface area contributed by atoms with Crippen molar-refractivity contribution in [3.05, 3.63) is 47.7 Å². The fourth-order valence-corrected chi connectivity index (χ4v) is 1.57. The molecule has 0 unspecified atom stereocenters. The summed E-state index contributed by atoms with van der Waals surface area (Å²) in [4.78, 5) is 2.11. The zero-order valence-corrected chi connectivity index (χ0v) is 8.04. The minimum absolute atomic E-state index is 1.04. The molecule has 0 spiro atoms. The van der Waals surface area contributed by atoms with E-state index in [0.29, 0.717) is 0 Å². The van der Waals surface area contributed by atoms with Crippen molar-refractivity contribution >= 4 is 11.8 Å². The normalized spacial score (nSPS) is 14.6. The van der Waals surface area contributed by atoms with Crippen molar-refractivity contribution in [2.45, 2.75) is 6.92 Å². The van der Waals surface area contributed by atoms with Crippen LogP contribution in [-0.2, 0) is 0 Å². The summed E-state index contributed by atoms with van der Waals surface area (Å²) in [6.45, 7) is 6.06. The first-order valence-corrected chi connectivity index (χ1v) is 4.40. The molecule has 1 aromatic carbocycles. The first kappa shape index (κ1) is 8.11. The van der Waals surface area contributed by atoms with Gasteiger partial charge < -0.3 is 4.90 Å². The summed E-state index contributed by atoms with van der Waals surface area (Å²) in [6.07, 6.45) is 4.16. The van der Waals surface area contributed by atoms with Gasteiger partial charge in [-0.05, 0) is 30.7 Å². The van der Waals surface area contributed by atoms with Crippen molar-refractivity contribution in [2.75, 3.05) is 11.9 Å². The maximum Gasteiger partial charge on any atom is 0.0481 e. The van der Waals surface area contributed by atoms with E-state index in [2.05, 4.69) is 42.7 Å². The van der Waals surface area contributed by atoms with E-state index in [1.54, 1.807) is 0 Å². The number of hydrogen-bond acceptors (Lipinski definition) is 1. The molecule has 0 fully saturated rings. The number of fused-ring (bicyclic) bond motifs is 1. The second kappa shape index (κ2) is 2.77. The molecule has 1 aliphatic rings. The second-order valence-corrected chi connectivity index (χ2v) is 3.45. The first-order valence-electron chi connectivity index (χ1n) is 4.40. The lowest BCUT2D eigenvalue weighted by Crippen LogP contribution is -2.17. The Labute approximate surface area is 79.0 Å². The maximum absolute atomic E-state index is 3.96. The largest absolute Gasteiger partial charge is 0.345 e. The van der Waals surface area contributed by atoms with Crippen molar-refractivity contribution in [1.82, 2.24) is 0 Å². The van der Waals surface area contributed by atoms with E-state index in [-0.39, 0.29) is 0 Å². The molecule has 1 heteroatoms. The summed E-state index contributed by atoms with van der Waals surface area (Å²) in [7, 11) is 2.04. The molecule has 1 nitrogen and oxygen atoms in total. The Hall–Kier alpha value is -1.50. The van der Waals surface area contributed by atoms with Gasteiger partial charge in [-0.25, -0.2) is 0 Å². The monoisotopic (exact) mass is 171 g/mol. The Kier molecular flexibility index (Phi) is 1.73. The standard InChI is InChI=1S/C12H13N/c1-9-4-7-12-11(8-9)6-5-10(2)13(12)3/h4-8H,2H2,1,3H3. The molecular weight excluding hydrogens is 158 g/mol. The van der Waals surface area contributed by atoms with Crippen molar-refractivity contribution in [1.29, 1.82) is 0 Å². The van der Waals surface area contributed by atoms with Crippen LogP contribution in [0.15, 0.2) is 36.6 Å². The van der Waals surface area contributed by atoms with Crippen molar-refractivity contribution in [3.8, 4) is 0 Å². The van der Waals surface area contributed by atoms with Gasteiger partial charge in [0.1, 0.15) is 0 Å². The van der Waals surface area contributed by atoms with E-state index < -0.39 is 0 Å². The van der Waals surface area contributed by atoms with Crippen LogP contribution in [0.25, 0.3) is 6.08 Å². The first-order chi connectivity index (χ1) is 6.18. The summed E-state index contributed by atoms with van der Waals surface area (Å²) < 4.78 is 0. The van der Waals surface area contributed by atoms with Gasteiger partial charge in [0.2, 0.25) is 0 Å². The molecule has 0 amide bonds. The fraction of sp³-hybridized carbons (Fsp3) is 0.167. The quantitative estimate of drug-likeness (QED) is 0.580. The summed E-state index contributed by atoms with van der Waals surface area (Å²) in [5, 5.41) is 0. The summed E-state index contributed by atoms with van der Waals surface area (Å²) in [5.41, 5.74) is 4.84. The van der Waals surface area contributed by atoms with Gasteiger partial charge in [0, 0.05) is 18.4 Å². The van der Waals surface area contributed by atoms with Crippen LogP contribution in [0.4, 0.5) is 5.69 Å². The van der Waals surface area contributed by atoms with E-state index in [9.17, 15) is 0 Å². The SMILES string of the molecule is C=C1C=Cc2cc(C)ccc2N1C. The molecule has 0 saturated heterocycles. The average molecular weight is 171 g/mol. The van der Waals surface area contributed by atoms with Gasteiger partial charge in [-0.2, -0.15) is 0 Å². The van der Waals surface area contributed by atoms with Crippen LogP contribution in [0.1, 0.15) is 11.1 Å². The third-order valence-corrected chi connectivity index (χ3v) is 2.43. The predicted octanol–water partition coefficient (Wildman–Crippen LogP) is 2.97. The third-order valence-electron chi connectivity index (χ3n) is 2.43. The van der Waals surface area contributed by atoms with Crippen LogP contribution in [0, 0.1) is 6.92 Å². The zero-order valence-electron chi connectivity index (χ0n) is 8.04. The number of aryl methyl sites for hydroxylation is 1. The van der Waals surface area contributed by atoms with Crippen LogP contribution >= 0.6 is 0 Å². The zero-order chi connectivity index (χ0) is 9.42. The van der Waals surface area contributed by atoms with Crippen LogP contribution in [0.3, 0.4) is 0 Å². The Balaban J connectivity index is 2.59. The lowest BCUT2D eigenvalue weighted by Gasteiger charge is -2.25. The molecular formula is C12H13N. The Bertz CT molecular complexity index is 388. The molecule has 0 radical (unpaired) electrons. The lowest BCUT2D eigenvalue weighted by atomic mass is 10.0. The van der Waals surface area contributed by atoms with Gasteiger partial charge >= 0.3 is 0 Å². The van der Waals surface area contributed by atoms with E-state index >= 15 is 0 Å². The minimum Gasteiger partial charge on any atom is -0.345 e. The van der Waals surface area contributed by atoms with E-state index in [1.165, 1.54) is 16.8 Å². The van der Waals surface area contributed by atoms with Gasteiger partial charge in [-0.1, -0.05) is 24.3 Å². The highest BCUT2D eigenvalue weighted by molar-refractivity contribution is 5.76. The van der Waals surface area contributed by atoms with Crippen molar-refractivity contribution in [2.24, 2.45) is 0 Å². The molecule has 1 aliphatic heterocycles. The van der Waals surface area contributed by atoms with Crippen LogP contribution in [0.5, 0.6) is 0 Å². The summed E-state index contributed by atoms with van der Waals surface area (Å²) >= 11 is 0. The molecule has 0 N–H and O–H groups in total. The highest BCUT2D eigenvalue weighted by Gasteiger charge is 2.10. The third kappa shape index (κ3) is 1.26. The number of nitrogens with zero attached hydrogens (tertiary/aromatic N) is 1.